The van der Waals surface area contributed by atoms with Gasteiger partial charge in [0.1, 0.15) is 121 Å². The van der Waals surface area contributed by atoms with Crippen LogP contribution >= 0.6 is 0 Å². The van der Waals surface area contributed by atoms with E-state index < -0.39 is 245 Å². The van der Waals surface area contributed by atoms with E-state index in [0.717, 1.165) is 64.2 Å². The van der Waals surface area contributed by atoms with Crippen LogP contribution in [0.1, 0.15) is 219 Å². The molecular formula is C94H152N10O39. The number of nitrogens with one attached hydrogen (secondary N) is 4. The molecule has 0 spiro atoms. The molecule has 4 aliphatic heterocycles. The van der Waals surface area contributed by atoms with E-state index in [1.807, 2.05) is 13.8 Å². The molecule has 0 aromatic carbocycles. The van der Waals surface area contributed by atoms with E-state index in [-0.39, 0.29) is 217 Å². The van der Waals surface area contributed by atoms with Gasteiger partial charge in [0.15, 0.2) is 37.4 Å². The van der Waals surface area contributed by atoms with E-state index in [9.17, 15) is 109 Å². The first-order valence-corrected chi connectivity index (χ1v) is 50.6. The maximum absolute atomic E-state index is 14.5. The number of amides is 4. The molecule has 10 rings (SSSR count). The highest BCUT2D eigenvalue weighted by Crippen LogP contribution is 2.44. The first-order valence-electron chi connectivity index (χ1n) is 50.6. The predicted molar refractivity (Wildman–Crippen MR) is 489 cm³/mol. The molecule has 812 valence electrons. The lowest BCUT2D eigenvalue weighted by Crippen LogP contribution is -2.67. The lowest BCUT2D eigenvalue weighted by atomic mass is 9.74. The number of aliphatic hydroxyl groups excluding tert-OH is 10. The van der Waals surface area contributed by atoms with Gasteiger partial charge in [-0.15, -0.1) is 10.2 Å². The third kappa shape index (κ3) is 36.4. The standard InChI is InChI=1S/C94H152N10O39/c1-5-55-39-57(61(107)21-15-27-95-69(109)23-13-25-73(113)114)41-63(85(55)142-93-83(123)81(121)77(117)51(3)134-93)138-91-75(87(79(119)67(47-105)140-91)136-65(89(125)126)37-53-17-9-7-10-18-53)97-71(111)45-103-43-59(99-101-103)49-132-35-33-130-31-29-129-30-32-131-34-36-133-50-60-44-104(102-100-60)46-72(112)98-76-88(137-66(90(127)128)38-54-19-11-8-12-20-54)80(120)68(48-106)141-92(76)139-64-42-58(62(108)22-16-28-96-70(110)24-14-26-74(115)116)40-56(6-2)86(64)143-94-84(124)82(122)78(118)52(4)135-94/h43-44,51-58,63-68,75-88,91-94,105-106,117-124H,5-42,45-50H2,1-4H3,(H,95,109)(H,96,110)(H,97,111)(H,98,112)(H,113,114)(H,115,116)(H,125,126)(H,127,128)/t51?,52?,55?,56?,57?,58?,63-,64-,65+,66+,67+,68+,75?,76?,77-,78-,79+,80+,81+,82+,83?,84?,85-,86-,87?,88?,91-,92-,93+,94+/m1/s1. The fourth-order valence-electron chi connectivity index (χ4n) is 20.0. The van der Waals surface area contributed by atoms with Gasteiger partial charge in [0, 0.05) is 63.5 Å². The number of nitrogens with zero attached hydrogens (tertiary/aromatic N) is 6. The quantitative estimate of drug-likeness (QED) is 0.0350. The van der Waals surface area contributed by atoms with Crippen LogP contribution in [-0.4, -0.2) is 399 Å². The zero-order valence-electron chi connectivity index (χ0n) is 81.9. The third-order valence-corrected chi connectivity index (χ3v) is 28.0. The van der Waals surface area contributed by atoms with Gasteiger partial charge in [-0.25, -0.2) is 19.0 Å². The molecular weight excluding hydrogens is 1890 g/mol. The Morgan fingerprint density at radius 2 is 0.776 bits per heavy atom. The molecule has 0 bridgehead atoms. The number of carbonyl (C=O) groups excluding carboxylic acids is 6. The zero-order valence-corrected chi connectivity index (χ0v) is 81.9. The molecule has 6 heterocycles. The van der Waals surface area contributed by atoms with Crippen LogP contribution < -0.4 is 21.3 Å². The number of ketones is 2. The SMILES string of the molecule is CCC1CC(C(=O)CCCNC(=O)CCCC(=O)O)C[C@@H](O[C@@H]2O[C@@H](CO)[C@H](O)C(O[C@@H](CC3CCCCC3)C(=O)O)C2NC(=O)Cn2cc(COCCOCCOCCOCCOCc3cn(CC(=O)NC4C(O[C@@H](CC5CCCCC5)C(=O)O)[C@@H](O)[C@H](CO)O[C@H]4O[C@@H]4CC(C(=O)CCCNC(=O)CCCC(=O)O)CC(CC)[C@H]4O[C@@H]4OC(C)[C@@H](O)[C@H](O)C4O)nn3)nn2)[C@@H]1O[C@@H]1OC(C)[C@@H](O)[C@H](O)C1O. The minimum atomic E-state index is -1.78. The summed E-state index contributed by atoms with van der Waals surface area (Å²) in [6, 6.07) is -3.13. The average molecular weight is 2050 g/mol. The maximum Gasteiger partial charge on any atom is 0.332 e. The maximum atomic E-state index is 14.5. The van der Waals surface area contributed by atoms with Gasteiger partial charge in [0.2, 0.25) is 23.6 Å². The molecule has 4 amide bonds. The van der Waals surface area contributed by atoms with E-state index in [1.54, 1.807) is 0 Å². The molecule has 4 aliphatic carbocycles. The van der Waals surface area contributed by atoms with Gasteiger partial charge in [0.25, 0.3) is 0 Å². The summed E-state index contributed by atoms with van der Waals surface area (Å²) in [6.07, 6.45) is -23.4. The average Bonchev–Trinajstić information content (AvgIpc) is 1.02. The molecule has 18 N–H and O–H groups in total. The topological polar surface area (TPSA) is 702 Å². The Morgan fingerprint density at radius 3 is 1.12 bits per heavy atom. The first-order chi connectivity index (χ1) is 68.6. The van der Waals surface area contributed by atoms with Crippen LogP contribution in [0.2, 0.25) is 0 Å². The van der Waals surface area contributed by atoms with Crippen LogP contribution in [0.5, 0.6) is 0 Å². The molecule has 2 aromatic heterocycles. The van der Waals surface area contributed by atoms with Crippen LogP contribution in [0, 0.1) is 35.5 Å². The normalized spacial score (nSPS) is 31.9. The molecule has 143 heavy (non-hydrogen) atoms. The van der Waals surface area contributed by atoms with Crippen molar-refractivity contribution in [2.75, 3.05) is 79.2 Å². The van der Waals surface area contributed by atoms with Crippen LogP contribution in [-0.2, 0) is 145 Å². The van der Waals surface area contributed by atoms with Gasteiger partial charge in [-0.3, -0.25) is 38.4 Å². The molecule has 49 nitrogen and oxygen atoms in total. The Balaban J connectivity index is 0.691. The summed E-state index contributed by atoms with van der Waals surface area (Å²) in [5.41, 5.74) is 0.622. The van der Waals surface area contributed by atoms with E-state index >= 15 is 0 Å². The van der Waals surface area contributed by atoms with Crippen LogP contribution in [0.25, 0.3) is 0 Å². The molecule has 12 unspecified atom stereocenters. The summed E-state index contributed by atoms with van der Waals surface area (Å²) in [5.74, 6) is -10.2. The summed E-state index contributed by atoms with van der Waals surface area (Å²) in [5, 5.41) is 178. The molecule has 30 atom stereocenters. The van der Waals surface area contributed by atoms with Gasteiger partial charge < -0.3 is 164 Å². The van der Waals surface area contributed by atoms with E-state index in [4.69, 9.17) is 81.3 Å². The second-order valence-corrected chi connectivity index (χ2v) is 38.6. The number of carbonyl (C=O) groups is 10. The fourth-order valence-corrected chi connectivity index (χ4v) is 20.0. The minimum absolute atomic E-state index is 0.00117. The second kappa shape index (κ2) is 60.1. The van der Waals surface area contributed by atoms with Crippen molar-refractivity contribution in [2.24, 2.45) is 35.5 Å². The van der Waals surface area contributed by atoms with Crippen LogP contribution in [0.4, 0.5) is 0 Å². The number of rotatable bonds is 62. The van der Waals surface area contributed by atoms with Crippen molar-refractivity contribution in [3.8, 4) is 0 Å². The highest BCUT2D eigenvalue weighted by Gasteiger charge is 2.57. The number of carboxylic acid groups (broad SMARTS) is 4. The van der Waals surface area contributed by atoms with E-state index in [0.29, 0.717) is 24.2 Å². The second-order valence-electron chi connectivity index (χ2n) is 38.6. The summed E-state index contributed by atoms with van der Waals surface area (Å²) in [7, 11) is 0. The molecule has 2 aromatic rings. The molecule has 0 radical (unpaired) electrons. The van der Waals surface area contributed by atoms with E-state index in [1.165, 1.54) is 35.6 Å². The number of aromatic nitrogens is 6. The lowest BCUT2D eigenvalue weighted by molar-refractivity contribution is -0.338. The van der Waals surface area contributed by atoms with Gasteiger partial charge in [-0.2, -0.15) is 0 Å². The number of aliphatic carboxylic acids is 4. The number of hydrogen-bond donors (Lipinski definition) is 18. The number of carboxylic acids is 4. The fraction of sp³-hybridized carbons (Fsp3) is 0.851. The van der Waals surface area contributed by atoms with E-state index in [2.05, 4.69) is 41.9 Å². The molecule has 8 aliphatic rings. The predicted octanol–water partition coefficient (Wildman–Crippen LogP) is -1.09. The van der Waals surface area contributed by atoms with Crippen molar-refractivity contribution in [1.29, 1.82) is 0 Å². The highest BCUT2D eigenvalue weighted by molar-refractivity contribution is 5.82. The Hall–Kier alpha value is -7.62. The highest BCUT2D eigenvalue weighted by atomic mass is 16.8. The van der Waals surface area contributed by atoms with Crippen molar-refractivity contribution in [3.63, 3.8) is 0 Å². The van der Waals surface area contributed by atoms with Crippen LogP contribution in [0.15, 0.2) is 12.4 Å². The minimum Gasteiger partial charge on any atom is -0.481 e. The molecule has 4 saturated heterocycles. The summed E-state index contributed by atoms with van der Waals surface area (Å²) < 4.78 is 95.0. The Labute approximate surface area is 829 Å². The van der Waals surface area contributed by atoms with Crippen molar-refractivity contribution in [3.05, 3.63) is 23.8 Å². The number of aliphatic hydroxyl groups is 10. The number of Topliss-reactive ketones (excluding diaryl/α,β-unsaturated/α-hetero) is 2. The van der Waals surface area contributed by atoms with Crippen molar-refractivity contribution < 1.29 is 190 Å². The smallest absolute Gasteiger partial charge is 0.332 e. The number of ether oxygens (including phenoxy) is 15. The Morgan fingerprint density at radius 1 is 0.413 bits per heavy atom. The van der Waals surface area contributed by atoms with Crippen molar-refractivity contribution >= 4 is 59.1 Å². The van der Waals surface area contributed by atoms with Gasteiger partial charge in [-0.1, -0.05) is 101 Å². The summed E-state index contributed by atoms with van der Waals surface area (Å²) in [4.78, 5) is 131. The molecule has 49 heteroatoms. The van der Waals surface area contributed by atoms with Crippen LogP contribution in [0.3, 0.4) is 0 Å². The van der Waals surface area contributed by atoms with Crippen molar-refractivity contribution in [1.82, 2.24) is 51.3 Å². The lowest BCUT2D eigenvalue weighted by Gasteiger charge is -2.49. The number of hydrogen-bond acceptors (Lipinski definition) is 39. The Bertz CT molecular complexity index is 3950. The third-order valence-electron chi connectivity index (χ3n) is 28.0. The van der Waals surface area contributed by atoms with Crippen molar-refractivity contribution in [2.45, 2.75) is 393 Å². The van der Waals surface area contributed by atoms with Gasteiger partial charge in [0.05, 0.1) is 128 Å². The monoisotopic (exact) mass is 2050 g/mol. The summed E-state index contributed by atoms with van der Waals surface area (Å²) in [6.45, 7) is 5.29. The zero-order chi connectivity index (χ0) is 103. The largest absolute Gasteiger partial charge is 0.481 e. The van der Waals surface area contributed by atoms with Gasteiger partial charge >= 0.3 is 23.9 Å². The molecule has 4 saturated carbocycles. The Kier molecular flexibility index (Phi) is 49.3. The molecule has 8 fully saturated rings. The summed E-state index contributed by atoms with van der Waals surface area (Å²) >= 11 is 0. The first kappa shape index (κ1) is 117. The van der Waals surface area contributed by atoms with Gasteiger partial charge in [-0.05, 0) is 102 Å².